The van der Waals surface area contributed by atoms with Gasteiger partial charge < -0.3 is 14.7 Å². The summed E-state index contributed by atoms with van der Waals surface area (Å²) in [4.78, 5) is 23.7. The van der Waals surface area contributed by atoms with Gasteiger partial charge in [-0.15, -0.1) is 0 Å². The first-order valence-electron chi connectivity index (χ1n) is 7.57. The molecule has 9 heteroatoms. The van der Waals surface area contributed by atoms with E-state index in [-0.39, 0.29) is 12.2 Å². The van der Waals surface area contributed by atoms with Crippen LogP contribution in [0.15, 0.2) is 47.6 Å². The number of benzene rings is 2. The summed E-state index contributed by atoms with van der Waals surface area (Å²) in [6, 6.07) is 11.2. The van der Waals surface area contributed by atoms with E-state index in [1.165, 1.54) is 18.2 Å². The van der Waals surface area contributed by atoms with Crippen molar-refractivity contribution in [3.05, 3.63) is 58.1 Å². The number of carbonyl (C=O) groups is 1. The highest BCUT2D eigenvalue weighted by molar-refractivity contribution is 5.87. The zero-order chi connectivity index (χ0) is 19.1. The van der Waals surface area contributed by atoms with Gasteiger partial charge in [-0.3, -0.25) is 14.9 Å². The number of phenolic OH excluding ortho intramolecular Hbond substituents is 1. The van der Waals surface area contributed by atoms with Crippen LogP contribution >= 0.6 is 0 Å². The fourth-order valence-corrected chi connectivity index (χ4v) is 2.01. The van der Waals surface area contributed by atoms with Crippen molar-refractivity contribution in [1.29, 1.82) is 0 Å². The second kappa shape index (κ2) is 8.47. The normalized spacial score (nSPS) is 10.5. The molecule has 0 heterocycles. The molecule has 2 N–H and O–H groups in total. The topological polar surface area (TPSA) is 117 Å². The highest BCUT2D eigenvalue weighted by Gasteiger charge is 2.15. The number of amides is 1. The van der Waals surface area contributed by atoms with Gasteiger partial charge in [-0.2, -0.15) is 5.10 Å². The van der Waals surface area contributed by atoms with Crippen molar-refractivity contribution in [2.45, 2.75) is 0 Å². The van der Waals surface area contributed by atoms with Crippen LogP contribution in [0.2, 0.25) is 0 Å². The Bertz CT molecular complexity index is 836. The van der Waals surface area contributed by atoms with Crippen molar-refractivity contribution in [1.82, 2.24) is 5.43 Å². The number of rotatable bonds is 7. The maximum absolute atomic E-state index is 11.8. The number of carbonyl (C=O) groups excluding carboxylic acids is 1. The Morgan fingerprint density at radius 1 is 1.35 bits per heavy atom. The zero-order valence-electron chi connectivity index (χ0n) is 14.2. The van der Waals surface area contributed by atoms with Gasteiger partial charge in [0.1, 0.15) is 5.75 Å². The van der Waals surface area contributed by atoms with Gasteiger partial charge in [-0.1, -0.05) is 12.1 Å². The fourth-order valence-electron chi connectivity index (χ4n) is 2.01. The first-order valence-corrected chi connectivity index (χ1v) is 7.57. The van der Waals surface area contributed by atoms with E-state index >= 15 is 0 Å². The molecule has 0 atom stereocenters. The molecule has 2 rings (SSSR count). The molecule has 0 aromatic heterocycles. The number of nitrogens with one attached hydrogen (secondary N) is 1. The standard InChI is InChI=1S/C17H18N4O5/c1-20(2)13-6-4-7-14(9-13)26-11-16(22)19-18-10-12-5-3-8-15(17(12)23)21(24)25/h3-10,23H,11H2,1-2H3,(H,19,22)/b18-10+. The molecular formula is C17H18N4O5. The highest BCUT2D eigenvalue weighted by Crippen LogP contribution is 2.27. The summed E-state index contributed by atoms with van der Waals surface area (Å²) in [5, 5.41) is 24.2. The number of ether oxygens (including phenoxy) is 1. The minimum Gasteiger partial charge on any atom is -0.502 e. The molecule has 0 aliphatic rings. The molecule has 0 saturated heterocycles. The Hall–Kier alpha value is -3.62. The molecule has 0 saturated carbocycles. The van der Waals surface area contributed by atoms with Gasteiger partial charge in [0.2, 0.25) is 5.75 Å². The fraction of sp³-hybridized carbons (Fsp3) is 0.176. The Balaban J connectivity index is 1.91. The SMILES string of the molecule is CN(C)c1cccc(OCC(=O)N/N=C/c2cccc([N+](=O)[O-])c2O)c1. The molecular weight excluding hydrogens is 340 g/mol. The number of aromatic hydroxyl groups is 1. The summed E-state index contributed by atoms with van der Waals surface area (Å²) < 4.78 is 5.38. The summed E-state index contributed by atoms with van der Waals surface area (Å²) in [6.07, 6.45) is 1.12. The lowest BCUT2D eigenvalue weighted by Gasteiger charge is -2.13. The van der Waals surface area contributed by atoms with Gasteiger partial charge >= 0.3 is 5.69 Å². The molecule has 136 valence electrons. The quantitative estimate of drug-likeness (QED) is 0.443. The highest BCUT2D eigenvalue weighted by atomic mass is 16.6. The van der Waals surface area contributed by atoms with Crippen LogP contribution in [0.4, 0.5) is 11.4 Å². The number of hydrogen-bond acceptors (Lipinski definition) is 7. The van der Waals surface area contributed by atoms with Gasteiger partial charge in [0.05, 0.1) is 11.1 Å². The van der Waals surface area contributed by atoms with Crippen LogP contribution in [0, 0.1) is 10.1 Å². The number of nitro benzene ring substituents is 1. The summed E-state index contributed by atoms with van der Waals surface area (Å²) >= 11 is 0. The third-order valence-corrected chi connectivity index (χ3v) is 3.34. The third-order valence-electron chi connectivity index (χ3n) is 3.34. The first-order chi connectivity index (χ1) is 12.4. The van der Waals surface area contributed by atoms with E-state index in [1.807, 2.05) is 31.1 Å². The van der Waals surface area contributed by atoms with Crippen molar-refractivity contribution < 1.29 is 19.6 Å². The van der Waals surface area contributed by atoms with Crippen molar-refractivity contribution in [2.75, 3.05) is 25.6 Å². The van der Waals surface area contributed by atoms with Crippen molar-refractivity contribution in [2.24, 2.45) is 5.10 Å². The van der Waals surface area contributed by atoms with E-state index in [9.17, 15) is 20.0 Å². The van der Waals surface area contributed by atoms with E-state index in [1.54, 1.807) is 12.1 Å². The van der Waals surface area contributed by atoms with Gasteiger partial charge in [0.15, 0.2) is 6.61 Å². The first kappa shape index (κ1) is 18.7. The zero-order valence-corrected chi connectivity index (χ0v) is 14.2. The molecule has 2 aromatic rings. The Labute approximate surface area is 149 Å². The monoisotopic (exact) mass is 358 g/mol. The molecule has 9 nitrogen and oxygen atoms in total. The molecule has 0 aliphatic carbocycles. The third kappa shape index (κ3) is 4.94. The molecule has 0 fully saturated rings. The molecule has 0 radical (unpaired) electrons. The number of hydrazone groups is 1. The summed E-state index contributed by atoms with van der Waals surface area (Å²) in [5.41, 5.74) is 2.83. The molecule has 0 spiro atoms. The van der Waals surface area contributed by atoms with E-state index in [2.05, 4.69) is 10.5 Å². The van der Waals surface area contributed by atoms with Crippen LogP contribution < -0.4 is 15.1 Å². The molecule has 26 heavy (non-hydrogen) atoms. The van der Waals surface area contributed by atoms with Gasteiger partial charge in [-0.05, 0) is 18.2 Å². The van der Waals surface area contributed by atoms with Crippen LogP contribution in [-0.2, 0) is 4.79 Å². The number of para-hydroxylation sites is 1. The maximum atomic E-state index is 11.8. The number of anilines is 1. The second-order valence-corrected chi connectivity index (χ2v) is 5.45. The summed E-state index contributed by atoms with van der Waals surface area (Å²) in [7, 11) is 3.79. The van der Waals surface area contributed by atoms with E-state index in [4.69, 9.17) is 4.74 Å². The average Bonchev–Trinajstić information content (AvgIpc) is 2.61. The van der Waals surface area contributed by atoms with Crippen LogP contribution in [0.5, 0.6) is 11.5 Å². The van der Waals surface area contributed by atoms with Gasteiger partial charge in [0.25, 0.3) is 5.91 Å². The smallest absolute Gasteiger partial charge is 0.311 e. The maximum Gasteiger partial charge on any atom is 0.311 e. The molecule has 0 bridgehead atoms. The van der Waals surface area contributed by atoms with E-state index < -0.39 is 22.3 Å². The number of nitro groups is 1. The summed E-state index contributed by atoms with van der Waals surface area (Å²) in [6.45, 7) is -0.255. The lowest BCUT2D eigenvalue weighted by atomic mass is 10.2. The van der Waals surface area contributed by atoms with E-state index in [0.717, 1.165) is 11.9 Å². The molecule has 2 aromatic carbocycles. The second-order valence-electron chi connectivity index (χ2n) is 5.45. The molecule has 1 amide bonds. The Morgan fingerprint density at radius 3 is 2.77 bits per heavy atom. The van der Waals surface area contributed by atoms with Crippen molar-refractivity contribution in [3.63, 3.8) is 0 Å². The Morgan fingerprint density at radius 2 is 2.08 bits per heavy atom. The van der Waals surface area contributed by atoms with Crippen LogP contribution in [-0.4, -0.2) is 42.9 Å². The predicted octanol–water partition coefficient (Wildman–Crippen LogP) is 1.90. The van der Waals surface area contributed by atoms with Crippen LogP contribution in [0.25, 0.3) is 0 Å². The van der Waals surface area contributed by atoms with Gasteiger partial charge in [0, 0.05) is 37.5 Å². The van der Waals surface area contributed by atoms with E-state index in [0.29, 0.717) is 5.75 Å². The predicted molar refractivity (Wildman–Crippen MR) is 96.8 cm³/mol. The minimum atomic E-state index is -0.707. The van der Waals surface area contributed by atoms with Crippen molar-refractivity contribution in [3.8, 4) is 11.5 Å². The van der Waals surface area contributed by atoms with Crippen molar-refractivity contribution >= 4 is 23.5 Å². The largest absolute Gasteiger partial charge is 0.502 e. The number of hydrogen-bond donors (Lipinski definition) is 2. The number of phenols is 1. The van der Waals surface area contributed by atoms with Crippen LogP contribution in [0.3, 0.4) is 0 Å². The molecule has 0 unspecified atom stereocenters. The lowest BCUT2D eigenvalue weighted by molar-refractivity contribution is -0.385. The van der Waals surface area contributed by atoms with Gasteiger partial charge in [-0.25, -0.2) is 5.43 Å². The summed E-state index contributed by atoms with van der Waals surface area (Å²) in [5.74, 6) is -0.500. The average molecular weight is 358 g/mol. The molecule has 0 aliphatic heterocycles. The number of nitrogens with zero attached hydrogens (tertiary/aromatic N) is 3. The lowest BCUT2D eigenvalue weighted by Crippen LogP contribution is -2.24. The minimum absolute atomic E-state index is 0.110. The van der Waals surface area contributed by atoms with Crippen LogP contribution in [0.1, 0.15) is 5.56 Å². The Kier molecular flexibility index (Phi) is 6.10.